The van der Waals surface area contributed by atoms with Gasteiger partial charge in [-0.1, -0.05) is 30.3 Å². The summed E-state index contributed by atoms with van der Waals surface area (Å²) in [6.07, 6.45) is 0. The molecule has 1 aromatic carbocycles. The molecule has 0 aromatic heterocycles. The first-order chi connectivity index (χ1) is 5.81. The Bertz CT molecular complexity index is 180. The zero-order chi connectivity index (χ0) is 9.82. The second-order valence-corrected chi connectivity index (χ2v) is 1.47. The third-order valence-corrected chi connectivity index (χ3v) is 0.774. The first-order valence-electron chi connectivity index (χ1n) is 3.36. The van der Waals surface area contributed by atoms with Gasteiger partial charge in [-0.2, -0.15) is 6.92 Å². The Balaban J connectivity index is -0.000000146. The molecule has 13 heavy (non-hydrogen) atoms. The molecule has 3 nitrogen and oxygen atoms in total. The van der Waals surface area contributed by atoms with Crippen molar-refractivity contribution in [3.05, 3.63) is 43.0 Å². The van der Waals surface area contributed by atoms with E-state index in [1.54, 1.807) is 19.1 Å². The van der Waals surface area contributed by atoms with E-state index in [2.05, 4.69) is 6.92 Å². The average molecular weight is 233 g/mol. The molecule has 0 bridgehead atoms. The minimum absolute atomic E-state index is 0. The molecule has 0 saturated carbocycles. The Morgan fingerprint density at radius 1 is 1.31 bits per heavy atom. The minimum Gasteiger partial charge on any atom is -0.699 e. The van der Waals surface area contributed by atoms with Crippen LogP contribution in [0.15, 0.2) is 30.3 Å². The van der Waals surface area contributed by atoms with Gasteiger partial charge in [0.15, 0.2) is 0 Å². The van der Waals surface area contributed by atoms with E-state index in [4.69, 9.17) is 15.6 Å². The van der Waals surface area contributed by atoms with Gasteiger partial charge in [-0.15, -0.1) is 5.69 Å². The van der Waals surface area contributed by atoms with Crippen molar-refractivity contribution in [1.29, 1.82) is 0 Å². The number of hydrogen-bond acceptors (Lipinski definition) is 1. The number of hydrogen-bond donors (Lipinski definition) is 1. The Hall–Kier alpha value is -0.887. The van der Waals surface area contributed by atoms with Crippen molar-refractivity contribution in [3.63, 3.8) is 0 Å². The topological polar surface area (TPSA) is 61.1 Å². The second kappa shape index (κ2) is 17.3. The van der Waals surface area contributed by atoms with Crippen LogP contribution in [0, 0.1) is 6.92 Å². The van der Waals surface area contributed by atoms with Crippen molar-refractivity contribution >= 4 is 12.2 Å². The second-order valence-electron chi connectivity index (χ2n) is 1.47. The van der Waals surface area contributed by atoms with Crippen molar-refractivity contribution in [1.82, 2.24) is 0 Å². The molecule has 1 rings (SSSR count). The van der Waals surface area contributed by atoms with E-state index in [1.807, 2.05) is 18.2 Å². The summed E-state index contributed by atoms with van der Waals surface area (Å²) < 4.78 is 0. The van der Waals surface area contributed by atoms with Crippen LogP contribution in [0.2, 0.25) is 0 Å². The quantitative estimate of drug-likeness (QED) is 0.425. The molecule has 0 aliphatic heterocycles. The van der Waals surface area contributed by atoms with Crippen LogP contribution in [-0.2, 0) is 24.3 Å². The van der Waals surface area contributed by atoms with Crippen LogP contribution in [0.3, 0.4) is 0 Å². The monoisotopic (exact) mass is 231 g/mol. The van der Waals surface area contributed by atoms with Gasteiger partial charge >= 0.3 is 19.5 Å². The molecule has 0 heterocycles. The maximum absolute atomic E-state index is 8.36. The van der Waals surface area contributed by atoms with Crippen molar-refractivity contribution in [2.75, 3.05) is 0 Å². The zero-order valence-electron chi connectivity index (χ0n) is 7.73. The molecular formula is C9H13NO2Zn. The molecule has 0 radical (unpaired) electrons. The van der Waals surface area contributed by atoms with Gasteiger partial charge in [-0.25, -0.2) is 0 Å². The Morgan fingerprint density at radius 3 is 1.77 bits per heavy atom. The third kappa shape index (κ3) is 18.2. The Labute approximate surface area is 91.7 Å². The molecule has 0 spiro atoms. The maximum Gasteiger partial charge on any atom is 2.00 e. The van der Waals surface area contributed by atoms with E-state index in [0.29, 0.717) is 5.69 Å². The van der Waals surface area contributed by atoms with Gasteiger partial charge in [0.1, 0.15) is 0 Å². The van der Waals surface area contributed by atoms with Crippen LogP contribution >= 0.6 is 0 Å². The number of nitrogens with one attached hydrogen (secondary N) is 1. The predicted octanol–water partition coefficient (Wildman–Crippen LogP) is 2.91. The number of carbonyl (C=O) groups is 1. The van der Waals surface area contributed by atoms with Crippen LogP contribution in [0.25, 0.3) is 5.73 Å². The molecule has 4 heteroatoms. The molecule has 0 unspecified atom stereocenters. The first-order valence-corrected chi connectivity index (χ1v) is 3.36. The van der Waals surface area contributed by atoms with E-state index < -0.39 is 0 Å². The Kier molecular flexibility index (Phi) is 23.9. The van der Waals surface area contributed by atoms with Gasteiger partial charge in [0.2, 0.25) is 0 Å². The van der Waals surface area contributed by atoms with Crippen LogP contribution in [0.4, 0.5) is 5.69 Å². The van der Waals surface area contributed by atoms with Crippen LogP contribution in [0.1, 0.15) is 6.92 Å². The van der Waals surface area contributed by atoms with Crippen molar-refractivity contribution in [2.24, 2.45) is 0 Å². The normalized spacial score (nSPS) is 6.00. The molecule has 0 aliphatic rings. The Morgan fingerprint density at radius 2 is 1.62 bits per heavy atom. The predicted molar refractivity (Wildman–Crippen MR) is 50.1 cm³/mol. The fourth-order valence-corrected chi connectivity index (χ4v) is 0.438. The molecule has 0 amide bonds. The number of benzene rings is 1. The van der Waals surface area contributed by atoms with Gasteiger partial charge in [0, 0.05) is 0 Å². The molecule has 0 saturated heterocycles. The van der Waals surface area contributed by atoms with Gasteiger partial charge < -0.3 is 17.8 Å². The summed E-state index contributed by atoms with van der Waals surface area (Å²) in [5, 5.41) is 6.89. The van der Waals surface area contributed by atoms with E-state index in [9.17, 15) is 0 Å². The third-order valence-electron chi connectivity index (χ3n) is 0.774. The molecular weight excluding hydrogens is 219 g/mol. The standard InChI is InChI=1S/C6H6N.C2H5.CH2O2.Zn/c7-6-4-2-1-3-5-6;1-2;2-1-3;/h1-5,7H;1H2,2H3;1H,(H,2,3);/q2*-1;;+2. The average Bonchev–Trinajstić information content (AvgIpc) is 2.11. The van der Waals surface area contributed by atoms with E-state index in [0.717, 1.165) is 0 Å². The zero-order valence-corrected chi connectivity index (χ0v) is 10.7. The van der Waals surface area contributed by atoms with Gasteiger partial charge in [0.05, 0.1) is 0 Å². The molecule has 0 atom stereocenters. The van der Waals surface area contributed by atoms with Crippen LogP contribution < -0.4 is 0 Å². The van der Waals surface area contributed by atoms with E-state index in [-0.39, 0.29) is 26.0 Å². The summed E-state index contributed by atoms with van der Waals surface area (Å²) in [5.74, 6) is 0. The van der Waals surface area contributed by atoms with Gasteiger partial charge in [-0.3, -0.25) is 4.79 Å². The summed E-state index contributed by atoms with van der Waals surface area (Å²) in [4.78, 5) is 8.36. The van der Waals surface area contributed by atoms with Crippen LogP contribution in [0.5, 0.6) is 0 Å². The first kappa shape index (κ1) is 18.0. The van der Waals surface area contributed by atoms with Crippen molar-refractivity contribution in [3.8, 4) is 0 Å². The number of carboxylic acid groups (broad SMARTS) is 1. The fourth-order valence-electron chi connectivity index (χ4n) is 0.438. The van der Waals surface area contributed by atoms with Gasteiger partial charge in [-0.05, 0) is 0 Å². The summed E-state index contributed by atoms with van der Waals surface area (Å²) in [6, 6.07) is 9.10. The summed E-state index contributed by atoms with van der Waals surface area (Å²) in [5.41, 5.74) is 7.57. The van der Waals surface area contributed by atoms with E-state index in [1.165, 1.54) is 0 Å². The smallest absolute Gasteiger partial charge is 0.699 e. The summed E-state index contributed by atoms with van der Waals surface area (Å²) >= 11 is 0. The summed E-state index contributed by atoms with van der Waals surface area (Å²) in [6.45, 7) is 4.75. The maximum atomic E-state index is 8.36. The molecule has 68 valence electrons. The van der Waals surface area contributed by atoms with E-state index >= 15 is 0 Å². The fraction of sp³-hybridized carbons (Fsp3) is 0.111. The van der Waals surface area contributed by atoms with Crippen molar-refractivity contribution < 1.29 is 29.4 Å². The molecule has 2 N–H and O–H groups in total. The van der Waals surface area contributed by atoms with Gasteiger partial charge in [0.25, 0.3) is 6.47 Å². The number of rotatable bonds is 0. The summed E-state index contributed by atoms with van der Waals surface area (Å²) in [7, 11) is 0. The van der Waals surface area contributed by atoms with Crippen molar-refractivity contribution in [2.45, 2.75) is 6.92 Å². The minimum atomic E-state index is -0.250. The molecule has 0 aliphatic carbocycles. The molecule has 0 fully saturated rings. The largest absolute Gasteiger partial charge is 2.00 e. The SMILES string of the molecule is O=CO.[CH2-]C.[NH-]c1ccccc1.[Zn+2]. The molecule has 1 aromatic rings. The van der Waals surface area contributed by atoms with Crippen LogP contribution in [-0.4, -0.2) is 11.6 Å².